The number of hydrogen-bond donors (Lipinski definition) is 1. The molecule has 0 atom stereocenters. The molecule has 23 heavy (non-hydrogen) atoms. The van der Waals surface area contributed by atoms with Crippen LogP contribution < -0.4 is 0 Å². The van der Waals surface area contributed by atoms with E-state index < -0.39 is 0 Å². The van der Waals surface area contributed by atoms with E-state index >= 15 is 0 Å². The van der Waals surface area contributed by atoms with Crippen LogP contribution in [0.5, 0.6) is 0 Å². The van der Waals surface area contributed by atoms with Crippen LogP contribution in [-0.4, -0.2) is 4.98 Å². The van der Waals surface area contributed by atoms with Crippen LogP contribution in [0.1, 0.15) is 11.1 Å². The molecule has 0 fully saturated rings. The standard InChI is InChI=1S/C22H19N/c1-15-12-16(2)14-18(13-15)21-19-10-6-7-11-20(19)23-22(21)17-8-4-3-5-9-17/h3-14,23H,1-2H3. The molecule has 1 aromatic heterocycles. The van der Waals surface area contributed by atoms with E-state index in [0.29, 0.717) is 0 Å². The number of nitrogens with one attached hydrogen (secondary N) is 1. The summed E-state index contributed by atoms with van der Waals surface area (Å²) in [5, 5.41) is 1.27. The Labute approximate surface area is 136 Å². The van der Waals surface area contributed by atoms with E-state index in [1.165, 1.54) is 44.4 Å². The lowest BCUT2D eigenvalue weighted by molar-refractivity contribution is 1.38. The smallest absolute Gasteiger partial charge is 0.0544 e. The maximum Gasteiger partial charge on any atom is 0.0544 e. The summed E-state index contributed by atoms with van der Waals surface area (Å²) >= 11 is 0. The van der Waals surface area contributed by atoms with Gasteiger partial charge >= 0.3 is 0 Å². The minimum atomic E-state index is 1.18. The summed E-state index contributed by atoms with van der Waals surface area (Å²) in [5.41, 5.74) is 8.75. The number of para-hydroxylation sites is 1. The Kier molecular flexibility index (Phi) is 3.27. The first-order valence-corrected chi connectivity index (χ1v) is 7.97. The molecule has 4 rings (SSSR count). The molecule has 1 nitrogen and oxygen atoms in total. The fourth-order valence-electron chi connectivity index (χ4n) is 3.38. The first kappa shape index (κ1) is 13.8. The third-order valence-electron chi connectivity index (χ3n) is 4.28. The van der Waals surface area contributed by atoms with Gasteiger partial charge in [-0.2, -0.15) is 0 Å². The fraction of sp³-hybridized carbons (Fsp3) is 0.0909. The van der Waals surface area contributed by atoms with Crippen molar-refractivity contribution in [3.05, 3.63) is 83.9 Å². The van der Waals surface area contributed by atoms with Gasteiger partial charge in [0.05, 0.1) is 5.69 Å². The van der Waals surface area contributed by atoms with Crippen molar-refractivity contribution in [3.8, 4) is 22.4 Å². The molecule has 0 spiro atoms. The van der Waals surface area contributed by atoms with Crippen LogP contribution in [0, 0.1) is 13.8 Å². The zero-order valence-corrected chi connectivity index (χ0v) is 13.4. The largest absolute Gasteiger partial charge is 0.354 e. The number of aromatic nitrogens is 1. The minimum absolute atomic E-state index is 1.18. The molecule has 0 saturated carbocycles. The van der Waals surface area contributed by atoms with Gasteiger partial charge in [-0.1, -0.05) is 77.9 Å². The van der Waals surface area contributed by atoms with Crippen LogP contribution in [0.3, 0.4) is 0 Å². The van der Waals surface area contributed by atoms with Crippen LogP contribution in [0.4, 0.5) is 0 Å². The number of hydrogen-bond acceptors (Lipinski definition) is 0. The first-order valence-electron chi connectivity index (χ1n) is 7.97. The monoisotopic (exact) mass is 297 g/mol. The van der Waals surface area contributed by atoms with Gasteiger partial charge in [-0.3, -0.25) is 0 Å². The van der Waals surface area contributed by atoms with Crippen LogP contribution in [0.15, 0.2) is 72.8 Å². The van der Waals surface area contributed by atoms with Crippen LogP contribution in [0.2, 0.25) is 0 Å². The molecule has 1 heteroatoms. The third kappa shape index (κ3) is 2.44. The van der Waals surface area contributed by atoms with Gasteiger partial charge in [-0.15, -0.1) is 0 Å². The van der Waals surface area contributed by atoms with E-state index in [2.05, 4.69) is 91.6 Å². The Morgan fingerprint density at radius 3 is 2.04 bits per heavy atom. The quantitative estimate of drug-likeness (QED) is 0.459. The minimum Gasteiger partial charge on any atom is -0.354 e. The van der Waals surface area contributed by atoms with Gasteiger partial charge in [-0.05, 0) is 31.0 Å². The van der Waals surface area contributed by atoms with Crippen molar-refractivity contribution in [1.29, 1.82) is 0 Å². The fourth-order valence-corrected chi connectivity index (χ4v) is 3.38. The molecule has 1 heterocycles. The van der Waals surface area contributed by atoms with Crippen molar-refractivity contribution in [1.82, 2.24) is 4.98 Å². The van der Waals surface area contributed by atoms with E-state index in [1.807, 2.05) is 0 Å². The predicted molar refractivity (Wildman–Crippen MR) is 98.6 cm³/mol. The lowest BCUT2D eigenvalue weighted by atomic mass is 9.96. The highest BCUT2D eigenvalue weighted by Crippen LogP contribution is 2.38. The Morgan fingerprint density at radius 1 is 0.652 bits per heavy atom. The molecule has 4 aromatic rings. The zero-order valence-electron chi connectivity index (χ0n) is 13.4. The maximum atomic E-state index is 3.62. The summed E-state index contributed by atoms with van der Waals surface area (Å²) < 4.78 is 0. The van der Waals surface area contributed by atoms with Gasteiger partial charge in [-0.25, -0.2) is 0 Å². The van der Waals surface area contributed by atoms with Gasteiger partial charge in [0, 0.05) is 16.5 Å². The van der Waals surface area contributed by atoms with Gasteiger partial charge in [0.25, 0.3) is 0 Å². The second-order valence-corrected chi connectivity index (χ2v) is 6.16. The van der Waals surface area contributed by atoms with Crippen LogP contribution in [0.25, 0.3) is 33.3 Å². The molecule has 0 aliphatic heterocycles. The summed E-state index contributed by atoms with van der Waals surface area (Å²) in [7, 11) is 0. The molecular formula is C22H19N. The van der Waals surface area contributed by atoms with Crippen molar-refractivity contribution in [2.24, 2.45) is 0 Å². The average Bonchev–Trinajstić information content (AvgIpc) is 2.94. The SMILES string of the molecule is Cc1cc(C)cc(-c2c(-c3ccccc3)[nH]c3ccccc23)c1. The predicted octanol–water partition coefficient (Wildman–Crippen LogP) is 6.12. The summed E-state index contributed by atoms with van der Waals surface area (Å²) in [4.78, 5) is 3.62. The number of benzene rings is 3. The number of rotatable bonds is 2. The molecule has 112 valence electrons. The van der Waals surface area contributed by atoms with E-state index in [1.54, 1.807) is 0 Å². The highest BCUT2D eigenvalue weighted by molar-refractivity contribution is 6.03. The number of fused-ring (bicyclic) bond motifs is 1. The summed E-state index contributed by atoms with van der Waals surface area (Å²) in [6, 6.07) is 25.9. The number of H-pyrrole nitrogens is 1. The Morgan fingerprint density at radius 2 is 1.30 bits per heavy atom. The molecular weight excluding hydrogens is 278 g/mol. The Bertz CT molecular complexity index is 957. The molecule has 1 N–H and O–H groups in total. The van der Waals surface area contributed by atoms with E-state index in [-0.39, 0.29) is 0 Å². The van der Waals surface area contributed by atoms with Crippen molar-refractivity contribution in [2.75, 3.05) is 0 Å². The number of aryl methyl sites for hydroxylation is 2. The number of aromatic amines is 1. The Balaban J connectivity index is 2.07. The van der Waals surface area contributed by atoms with Crippen molar-refractivity contribution in [2.45, 2.75) is 13.8 Å². The summed E-state index contributed by atoms with van der Waals surface area (Å²) in [6.07, 6.45) is 0. The lowest BCUT2D eigenvalue weighted by Crippen LogP contribution is -1.85. The molecule has 0 bridgehead atoms. The molecule has 0 unspecified atom stereocenters. The highest BCUT2D eigenvalue weighted by atomic mass is 14.7. The van der Waals surface area contributed by atoms with Crippen LogP contribution >= 0.6 is 0 Å². The Hall–Kier alpha value is -2.80. The van der Waals surface area contributed by atoms with E-state index in [9.17, 15) is 0 Å². The highest BCUT2D eigenvalue weighted by Gasteiger charge is 2.15. The first-order chi connectivity index (χ1) is 11.2. The van der Waals surface area contributed by atoms with Gasteiger partial charge in [0.2, 0.25) is 0 Å². The zero-order chi connectivity index (χ0) is 15.8. The van der Waals surface area contributed by atoms with Crippen molar-refractivity contribution >= 4 is 10.9 Å². The van der Waals surface area contributed by atoms with Gasteiger partial charge in [0.15, 0.2) is 0 Å². The summed E-state index contributed by atoms with van der Waals surface area (Å²) in [6.45, 7) is 4.32. The molecule has 3 aromatic carbocycles. The normalized spacial score (nSPS) is 11.0. The second kappa shape index (κ2) is 5.44. The lowest BCUT2D eigenvalue weighted by Gasteiger charge is -2.08. The second-order valence-electron chi connectivity index (χ2n) is 6.16. The molecule has 0 radical (unpaired) electrons. The molecule has 0 aliphatic carbocycles. The summed E-state index contributed by atoms with van der Waals surface area (Å²) in [5.74, 6) is 0. The maximum absolute atomic E-state index is 3.62. The van der Waals surface area contributed by atoms with E-state index in [0.717, 1.165) is 0 Å². The van der Waals surface area contributed by atoms with Crippen molar-refractivity contribution < 1.29 is 0 Å². The van der Waals surface area contributed by atoms with Gasteiger partial charge < -0.3 is 4.98 Å². The average molecular weight is 297 g/mol. The topological polar surface area (TPSA) is 15.8 Å². The molecule has 0 amide bonds. The van der Waals surface area contributed by atoms with Gasteiger partial charge in [0.1, 0.15) is 0 Å². The van der Waals surface area contributed by atoms with Crippen LogP contribution in [-0.2, 0) is 0 Å². The molecule has 0 saturated heterocycles. The van der Waals surface area contributed by atoms with E-state index in [4.69, 9.17) is 0 Å². The molecule has 0 aliphatic rings. The third-order valence-corrected chi connectivity index (χ3v) is 4.28. The van der Waals surface area contributed by atoms with Crippen molar-refractivity contribution in [3.63, 3.8) is 0 Å².